The molecule has 1 atom stereocenters. The Labute approximate surface area is 110 Å². The molecular weight excluding hydrogens is 265 g/mol. The third-order valence-electron chi connectivity index (χ3n) is 2.45. The van der Waals surface area contributed by atoms with Gasteiger partial charge < -0.3 is 4.74 Å². The molecule has 0 aromatic carbocycles. The number of nitrogens with zero attached hydrogens (tertiary/aromatic N) is 1. The number of ether oxygens (including phenoxy) is 1. The summed E-state index contributed by atoms with van der Waals surface area (Å²) in [6.45, 7) is 0.904. The fourth-order valence-electron chi connectivity index (χ4n) is 1.62. The number of halogens is 2. The molecule has 5 heteroatoms. The first-order valence-electron chi connectivity index (χ1n) is 5.26. The van der Waals surface area contributed by atoms with Crippen LogP contribution in [0.3, 0.4) is 0 Å². The van der Waals surface area contributed by atoms with Crippen LogP contribution < -0.4 is 0 Å². The first-order valence-corrected chi connectivity index (χ1v) is 7.17. The second-order valence-corrected chi connectivity index (χ2v) is 5.54. The van der Waals surface area contributed by atoms with Crippen molar-refractivity contribution in [2.24, 2.45) is 0 Å². The number of pyridine rings is 1. The molecule has 88 valence electrons. The van der Waals surface area contributed by atoms with E-state index in [4.69, 9.17) is 27.9 Å². The molecule has 0 aliphatic carbocycles. The van der Waals surface area contributed by atoms with Crippen molar-refractivity contribution in [1.29, 1.82) is 0 Å². The summed E-state index contributed by atoms with van der Waals surface area (Å²) in [5, 5.41) is 1.18. The normalized spacial score (nSPS) is 20.2. The summed E-state index contributed by atoms with van der Waals surface area (Å²) >= 11 is 13.6. The van der Waals surface area contributed by atoms with Gasteiger partial charge in [0.1, 0.15) is 5.15 Å². The van der Waals surface area contributed by atoms with Crippen LogP contribution in [-0.2, 0) is 10.5 Å². The highest BCUT2D eigenvalue weighted by Crippen LogP contribution is 2.24. The SMILES string of the molecule is Clc1ccc(Cl)c(CSCC2CCCO2)n1. The monoisotopic (exact) mass is 277 g/mol. The van der Waals surface area contributed by atoms with Crippen LogP contribution in [0.15, 0.2) is 12.1 Å². The van der Waals surface area contributed by atoms with Crippen molar-refractivity contribution in [3.8, 4) is 0 Å². The van der Waals surface area contributed by atoms with E-state index in [0.29, 0.717) is 16.3 Å². The Morgan fingerprint density at radius 2 is 2.31 bits per heavy atom. The van der Waals surface area contributed by atoms with Crippen LogP contribution in [0.1, 0.15) is 18.5 Å². The molecule has 1 aliphatic heterocycles. The summed E-state index contributed by atoms with van der Waals surface area (Å²) in [6, 6.07) is 3.50. The predicted molar refractivity (Wildman–Crippen MR) is 69.4 cm³/mol. The smallest absolute Gasteiger partial charge is 0.129 e. The molecule has 1 fully saturated rings. The lowest BCUT2D eigenvalue weighted by Gasteiger charge is -2.08. The van der Waals surface area contributed by atoms with Gasteiger partial charge in [-0.05, 0) is 25.0 Å². The molecular formula is C11H13Cl2NOS. The van der Waals surface area contributed by atoms with Gasteiger partial charge in [-0.1, -0.05) is 23.2 Å². The molecule has 0 spiro atoms. The van der Waals surface area contributed by atoms with Gasteiger partial charge in [0, 0.05) is 18.1 Å². The molecule has 2 heterocycles. The molecule has 1 unspecified atom stereocenters. The molecule has 0 bridgehead atoms. The fraction of sp³-hybridized carbons (Fsp3) is 0.545. The average molecular weight is 278 g/mol. The zero-order valence-corrected chi connectivity index (χ0v) is 11.1. The highest BCUT2D eigenvalue weighted by molar-refractivity contribution is 7.98. The largest absolute Gasteiger partial charge is 0.377 e. The molecule has 1 aliphatic rings. The molecule has 1 aromatic rings. The minimum absolute atomic E-state index is 0.406. The lowest BCUT2D eigenvalue weighted by Crippen LogP contribution is -2.08. The Bertz CT molecular complexity index is 356. The van der Waals surface area contributed by atoms with Gasteiger partial charge in [0.15, 0.2) is 0 Å². The Morgan fingerprint density at radius 1 is 1.44 bits per heavy atom. The summed E-state index contributed by atoms with van der Waals surface area (Å²) in [7, 11) is 0. The average Bonchev–Trinajstić information content (AvgIpc) is 2.76. The molecule has 0 N–H and O–H groups in total. The van der Waals surface area contributed by atoms with Gasteiger partial charge in [-0.25, -0.2) is 4.98 Å². The maximum Gasteiger partial charge on any atom is 0.129 e. The predicted octanol–water partition coefficient (Wildman–Crippen LogP) is 3.80. The van der Waals surface area contributed by atoms with Crippen LogP contribution in [0.5, 0.6) is 0 Å². The van der Waals surface area contributed by atoms with Crippen molar-refractivity contribution in [3.63, 3.8) is 0 Å². The van der Waals surface area contributed by atoms with Gasteiger partial charge >= 0.3 is 0 Å². The summed E-state index contributed by atoms with van der Waals surface area (Å²) in [6.07, 6.45) is 2.76. The summed E-state index contributed by atoms with van der Waals surface area (Å²) in [4.78, 5) is 4.21. The highest BCUT2D eigenvalue weighted by atomic mass is 35.5. The van der Waals surface area contributed by atoms with Crippen molar-refractivity contribution in [1.82, 2.24) is 4.98 Å². The van der Waals surface area contributed by atoms with Gasteiger partial charge in [0.05, 0.1) is 16.8 Å². The van der Waals surface area contributed by atoms with Crippen molar-refractivity contribution in [2.75, 3.05) is 12.4 Å². The molecule has 0 amide bonds. The van der Waals surface area contributed by atoms with Crippen LogP contribution in [0, 0.1) is 0 Å². The van der Waals surface area contributed by atoms with E-state index < -0.39 is 0 Å². The molecule has 0 radical (unpaired) electrons. The molecule has 2 rings (SSSR count). The lowest BCUT2D eigenvalue weighted by molar-refractivity contribution is 0.129. The van der Waals surface area contributed by atoms with E-state index in [9.17, 15) is 0 Å². The van der Waals surface area contributed by atoms with E-state index in [2.05, 4.69) is 4.98 Å². The van der Waals surface area contributed by atoms with E-state index in [1.54, 1.807) is 23.9 Å². The minimum Gasteiger partial charge on any atom is -0.377 e. The topological polar surface area (TPSA) is 22.1 Å². The first-order chi connectivity index (χ1) is 7.75. The van der Waals surface area contributed by atoms with Crippen molar-refractivity contribution in [2.45, 2.75) is 24.7 Å². The second-order valence-electron chi connectivity index (χ2n) is 3.71. The van der Waals surface area contributed by atoms with Gasteiger partial charge in [-0.2, -0.15) is 11.8 Å². The molecule has 2 nitrogen and oxygen atoms in total. The standard InChI is InChI=1S/C11H13Cl2NOS/c12-9-3-4-11(13)14-10(9)7-16-6-8-2-1-5-15-8/h3-4,8H,1-2,5-7H2. The van der Waals surface area contributed by atoms with Gasteiger partial charge in [0.2, 0.25) is 0 Å². The molecule has 16 heavy (non-hydrogen) atoms. The Balaban J connectivity index is 1.82. The number of hydrogen-bond acceptors (Lipinski definition) is 3. The number of thioether (sulfide) groups is 1. The fourth-order valence-corrected chi connectivity index (χ4v) is 3.10. The number of hydrogen-bond donors (Lipinski definition) is 0. The third-order valence-corrected chi connectivity index (χ3v) is 4.09. The Kier molecular flexibility index (Phi) is 4.77. The van der Waals surface area contributed by atoms with Crippen LogP contribution >= 0.6 is 35.0 Å². The van der Waals surface area contributed by atoms with E-state index >= 15 is 0 Å². The van der Waals surface area contributed by atoms with Gasteiger partial charge in [-0.3, -0.25) is 0 Å². The van der Waals surface area contributed by atoms with E-state index in [1.807, 2.05) is 0 Å². The number of aromatic nitrogens is 1. The number of rotatable bonds is 4. The van der Waals surface area contributed by atoms with E-state index in [0.717, 1.165) is 23.8 Å². The summed E-state index contributed by atoms with van der Waals surface area (Å²) < 4.78 is 5.54. The highest BCUT2D eigenvalue weighted by Gasteiger charge is 2.15. The van der Waals surface area contributed by atoms with Crippen LogP contribution in [0.2, 0.25) is 10.2 Å². The van der Waals surface area contributed by atoms with Gasteiger partial charge in [-0.15, -0.1) is 0 Å². The first kappa shape index (κ1) is 12.5. The van der Waals surface area contributed by atoms with E-state index in [1.165, 1.54) is 12.8 Å². The van der Waals surface area contributed by atoms with Crippen LogP contribution in [0.4, 0.5) is 0 Å². The van der Waals surface area contributed by atoms with E-state index in [-0.39, 0.29) is 0 Å². The summed E-state index contributed by atoms with van der Waals surface area (Å²) in [5.41, 5.74) is 0.858. The molecule has 1 saturated heterocycles. The van der Waals surface area contributed by atoms with Crippen molar-refractivity contribution < 1.29 is 4.74 Å². The maximum absolute atomic E-state index is 6.03. The summed E-state index contributed by atoms with van der Waals surface area (Å²) in [5.74, 6) is 1.80. The van der Waals surface area contributed by atoms with Crippen LogP contribution in [0.25, 0.3) is 0 Å². The third kappa shape index (κ3) is 3.52. The van der Waals surface area contributed by atoms with Crippen molar-refractivity contribution >= 4 is 35.0 Å². The molecule has 0 saturated carbocycles. The zero-order chi connectivity index (χ0) is 11.4. The minimum atomic E-state index is 0.406. The van der Waals surface area contributed by atoms with Crippen molar-refractivity contribution in [3.05, 3.63) is 28.0 Å². The van der Waals surface area contributed by atoms with Crippen LogP contribution in [-0.4, -0.2) is 23.4 Å². The maximum atomic E-state index is 6.03. The quantitative estimate of drug-likeness (QED) is 0.782. The molecule has 1 aromatic heterocycles. The lowest BCUT2D eigenvalue weighted by atomic mass is 10.3. The Hall–Kier alpha value is 0.0400. The second kappa shape index (κ2) is 6.10. The van der Waals surface area contributed by atoms with Gasteiger partial charge in [0.25, 0.3) is 0 Å². The zero-order valence-electron chi connectivity index (χ0n) is 8.79. The Morgan fingerprint density at radius 3 is 3.06 bits per heavy atom.